The summed E-state index contributed by atoms with van der Waals surface area (Å²) in [5.41, 5.74) is 0.723. The molecule has 1 aromatic carbocycles. The molecule has 0 aliphatic carbocycles. The Hall–Kier alpha value is -2.50. The predicted octanol–water partition coefficient (Wildman–Crippen LogP) is 2.41. The third-order valence-corrected chi connectivity index (χ3v) is 2.59. The number of unbranched alkanes of at least 4 members (excludes halogenated alkanes) is 1. The number of aromatic hydroxyl groups is 1. The standard InChI is InChI=1S/C15H20N2O4/c1-11(2)14(19)21-10-6-5-9-16-15(20)17-12-7-3-4-8-13(12)18/h3-4,7-8,18H,1,5-6,9-10H2,2H3,(H2,16,17,20). The van der Waals surface area contributed by atoms with E-state index in [2.05, 4.69) is 17.2 Å². The number of phenolic OH excluding ortho intramolecular Hbond substituents is 1. The van der Waals surface area contributed by atoms with Crippen LogP contribution in [0.1, 0.15) is 19.8 Å². The molecule has 0 saturated carbocycles. The summed E-state index contributed by atoms with van der Waals surface area (Å²) in [5, 5.41) is 14.7. The highest BCUT2D eigenvalue weighted by atomic mass is 16.5. The Bertz CT molecular complexity index is 514. The summed E-state index contributed by atoms with van der Waals surface area (Å²) < 4.78 is 4.92. The van der Waals surface area contributed by atoms with E-state index in [1.807, 2.05) is 0 Å². The van der Waals surface area contributed by atoms with Gasteiger partial charge in [-0.2, -0.15) is 0 Å². The molecule has 0 saturated heterocycles. The Kier molecular flexibility index (Phi) is 6.80. The number of carbonyl (C=O) groups is 2. The number of carbonyl (C=O) groups excluding carboxylic acids is 2. The van der Waals surface area contributed by atoms with Crippen LogP contribution in [0.15, 0.2) is 36.4 Å². The molecule has 2 amide bonds. The van der Waals surface area contributed by atoms with Crippen LogP contribution in [0.25, 0.3) is 0 Å². The van der Waals surface area contributed by atoms with Gasteiger partial charge in [-0.05, 0) is 31.9 Å². The molecule has 0 radical (unpaired) electrons. The zero-order valence-electron chi connectivity index (χ0n) is 12.0. The van der Waals surface area contributed by atoms with Gasteiger partial charge in [0.1, 0.15) is 5.75 Å². The van der Waals surface area contributed by atoms with E-state index in [1.165, 1.54) is 6.07 Å². The van der Waals surface area contributed by atoms with Crippen LogP contribution in [0.4, 0.5) is 10.5 Å². The first-order valence-electron chi connectivity index (χ1n) is 6.66. The van der Waals surface area contributed by atoms with Crippen LogP contribution in [-0.4, -0.2) is 30.3 Å². The second kappa shape index (κ2) is 8.63. The molecule has 0 aliphatic rings. The molecule has 0 aliphatic heterocycles. The van der Waals surface area contributed by atoms with Crippen molar-refractivity contribution in [1.29, 1.82) is 0 Å². The Morgan fingerprint density at radius 1 is 1.29 bits per heavy atom. The first kappa shape index (κ1) is 16.6. The van der Waals surface area contributed by atoms with E-state index >= 15 is 0 Å². The number of esters is 1. The maximum absolute atomic E-state index is 11.6. The molecule has 6 heteroatoms. The van der Waals surface area contributed by atoms with Gasteiger partial charge in [-0.15, -0.1) is 0 Å². The largest absolute Gasteiger partial charge is 0.506 e. The van der Waals surface area contributed by atoms with Gasteiger partial charge >= 0.3 is 12.0 Å². The van der Waals surface area contributed by atoms with Gasteiger partial charge in [0.15, 0.2) is 0 Å². The van der Waals surface area contributed by atoms with Crippen LogP contribution in [0, 0.1) is 0 Å². The Morgan fingerprint density at radius 3 is 2.67 bits per heavy atom. The number of urea groups is 1. The lowest BCUT2D eigenvalue weighted by molar-refractivity contribution is -0.139. The molecule has 114 valence electrons. The lowest BCUT2D eigenvalue weighted by Gasteiger charge is -2.09. The lowest BCUT2D eigenvalue weighted by Crippen LogP contribution is -2.29. The van der Waals surface area contributed by atoms with Gasteiger partial charge in [0, 0.05) is 12.1 Å². The van der Waals surface area contributed by atoms with Gasteiger partial charge < -0.3 is 20.5 Å². The highest BCUT2D eigenvalue weighted by Gasteiger charge is 2.05. The molecular weight excluding hydrogens is 272 g/mol. The van der Waals surface area contributed by atoms with Crippen molar-refractivity contribution in [2.24, 2.45) is 0 Å². The number of hydrogen-bond acceptors (Lipinski definition) is 4. The third-order valence-electron chi connectivity index (χ3n) is 2.59. The molecule has 0 heterocycles. The number of rotatable bonds is 7. The van der Waals surface area contributed by atoms with E-state index < -0.39 is 12.0 Å². The van der Waals surface area contributed by atoms with Gasteiger partial charge in [0.2, 0.25) is 0 Å². The summed E-state index contributed by atoms with van der Waals surface area (Å²) in [7, 11) is 0. The molecule has 0 bridgehead atoms. The fourth-order valence-electron chi connectivity index (χ4n) is 1.46. The minimum Gasteiger partial charge on any atom is -0.506 e. The summed E-state index contributed by atoms with van der Waals surface area (Å²) in [6.45, 7) is 5.82. The first-order chi connectivity index (χ1) is 10.0. The van der Waals surface area contributed by atoms with Crippen LogP contribution >= 0.6 is 0 Å². The minimum absolute atomic E-state index is 0.0133. The number of nitrogens with one attached hydrogen (secondary N) is 2. The van der Waals surface area contributed by atoms with Crippen LogP contribution < -0.4 is 10.6 Å². The monoisotopic (exact) mass is 292 g/mol. The average molecular weight is 292 g/mol. The highest BCUT2D eigenvalue weighted by molar-refractivity contribution is 5.90. The van der Waals surface area contributed by atoms with Crippen molar-refractivity contribution >= 4 is 17.7 Å². The smallest absolute Gasteiger partial charge is 0.333 e. The zero-order chi connectivity index (χ0) is 15.7. The molecular formula is C15H20N2O4. The Morgan fingerprint density at radius 2 is 2.00 bits per heavy atom. The quantitative estimate of drug-likeness (QED) is 0.312. The summed E-state index contributed by atoms with van der Waals surface area (Å²) in [6.07, 6.45) is 1.33. The Balaban J connectivity index is 2.13. The van der Waals surface area contributed by atoms with E-state index in [9.17, 15) is 14.7 Å². The molecule has 0 atom stereocenters. The Labute approximate surface area is 123 Å². The number of ether oxygens (including phenoxy) is 1. The molecule has 6 nitrogen and oxygen atoms in total. The first-order valence-corrected chi connectivity index (χ1v) is 6.66. The van der Waals surface area contributed by atoms with E-state index in [4.69, 9.17) is 4.74 Å². The predicted molar refractivity (Wildman–Crippen MR) is 80.1 cm³/mol. The fourth-order valence-corrected chi connectivity index (χ4v) is 1.46. The maximum Gasteiger partial charge on any atom is 0.333 e. The highest BCUT2D eigenvalue weighted by Crippen LogP contribution is 2.20. The summed E-state index contributed by atoms with van der Waals surface area (Å²) in [6, 6.07) is 6.09. The number of anilines is 1. The second-order valence-corrected chi connectivity index (χ2v) is 4.52. The average Bonchev–Trinajstić information content (AvgIpc) is 2.44. The minimum atomic E-state index is -0.403. The number of phenols is 1. The van der Waals surface area contributed by atoms with Crippen molar-refractivity contribution in [1.82, 2.24) is 5.32 Å². The molecule has 1 aromatic rings. The van der Waals surface area contributed by atoms with Crippen molar-refractivity contribution in [3.8, 4) is 5.75 Å². The van der Waals surface area contributed by atoms with Gasteiger partial charge in [0.05, 0.1) is 12.3 Å². The molecule has 1 rings (SSSR count). The second-order valence-electron chi connectivity index (χ2n) is 4.52. The van der Waals surface area contributed by atoms with Crippen molar-refractivity contribution in [2.75, 3.05) is 18.5 Å². The zero-order valence-corrected chi connectivity index (χ0v) is 12.0. The van der Waals surface area contributed by atoms with Gasteiger partial charge in [-0.25, -0.2) is 9.59 Å². The van der Waals surface area contributed by atoms with Crippen LogP contribution in [0.3, 0.4) is 0 Å². The summed E-state index contributed by atoms with van der Waals surface area (Å²) >= 11 is 0. The van der Waals surface area contributed by atoms with Crippen LogP contribution in [0.5, 0.6) is 5.75 Å². The number of hydrogen-bond donors (Lipinski definition) is 3. The molecule has 21 heavy (non-hydrogen) atoms. The number of para-hydroxylation sites is 2. The molecule has 0 unspecified atom stereocenters. The fraction of sp³-hybridized carbons (Fsp3) is 0.333. The number of benzene rings is 1. The SMILES string of the molecule is C=C(C)C(=O)OCCCCNC(=O)Nc1ccccc1O. The van der Waals surface area contributed by atoms with Crippen molar-refractivity contribution in [3.63, 3.8) is 0 Å². The molecule has 0 aromatic heterocycles. The van der Waals surface area contributed by atoms with E-state index in [0.29, 0.717) is 37.3 Å². The topological polar surface area (TPSA) is 87.7 Å². The summed E-state index contributed by atoms with van der Waals surface area (Å²) in [4.78, 5) is 22.7. The van der Waals surface area contributed by atoms with Crippen molar-refractivity contribution in [3.05, 3.63) is 36.4 Å². The van der Waals surface area contributed by atoms with Gasteiger partial charge in [-0.1, -0.05) is 18.7 Å². The van der Waals surface area contributed by atoms with E-state index in [1.54, 1.807) is 25.1 Å². The normalized spacial score (nSPS) is 9.76. The maximum atomic E-state index is 11.6. The van der Waals surface area contributed by atoms with Crippen LogP contribution in [-0.2, 0) is 9.53 Å². The van der Waals surface area contributed by atoms with Crippen LogP contribution in [0.2, 0.25) is 0 Å². The van der Waals surface area contributed by atoms with E-state index in [-0.39, 0.29) is 5.75 Å². The molecule has 3 N–H and O–H groups in total. The van der Waals surface area contributed by atoms with Crippen molar-refractivity contribution < 1.29 is 19.4 Å². The lowest BCUT2D eigenvalue weighted by atomic mass is 10.3. The molecule has 0 spiro atoms. The van der Waals surface area contributed by atoms with Crippen molar-refractivity contribution in [2.45, 2.75) is 19.8 Å². The molecule has 0 fully saturated rings. The third kappa shape index (κ3) is 6.47. The van der Waals surface area contributed by atoms with E-state index in [0.717, 1.165) is 0 Å². The summed E-state index contributed by atoms with van der Waals surface area (Å²) in [5.74, 6) is -0.389. The van der Waals surface area contributed by atoms with Gasteiger partial charge in [-0.3, -0.25) is 0 Å². The number of amides is 2. The van der Waals surface area contributed by atoms with Gasteiger partial charge in [0.25, 0.3) is 0 Å².